The number of nitrogens with zero attached hydrogens (tertiary/aromatic N) is 2. The zero-order chi connectivity index (χ0) is 21.5. The number of hydrogen-bond acceptors (Lipinski definition) is 4. The maximum Gasteiger partial charge on any atom is 0.224 e. The molecular formula is C26H35N3O2. The predicted octanol–water partition coefficient (Wildman–Crippen LogP) is 3.09. The lowest BCUT2D eigenvalue weighted by atomic mass is 9.88. The number of likely N-dealkylation sites (tertiary alicyclic amines) is 1. The predicted molar refractivity (Wildman–Crippen MR) is 124 cm³/mol. The molecule has 0 aliphatic carbocycles. The van der Waals surface area contributed by atoms with Crippen LogP contribution >= 0.6 is 0 Å². The molecule has 2 aliphatic heterocycles. The van der Waals surface area contributed by atoms with Crippen LogP contribution in [0.15, 0.2) is 54.6 Å². The average molecular weight is 422 g/mol. The van der Waals surface area contributed by atoms with Crippen molar-refractivity contribution in [2.24, 2.45) is 5.92 Å². The van der Waals surface area contributed by atoms with Crippen LogP contribution in [0.4, 0.5) is 0 Å². The third-order valence-corrected chi connectivity index (χ3v) is 6.73. The van der Waals surface area contributed by atoms with Gasteiger partial charge >= 0.3 is 0 Å². The highest BCUT2D eigenvalue weighted by atomic mass is 16.5. The molecule has 1 saturated heterocycles. The van der Waals surface area contributed by atoms with Crippen LogP contribution in [0.2, 0.25) is 0 Å². The number of fused-ring (bicyclic) bond motifs is 1. The van der Waals surface area contributed by atoms with Crippen LogP contribution in [-0.4, -0.2) is 61.6 Å². The van der Waals surface area contributed by atoms with Gasteiger partial charge in [0.15, 0.2) is 0 Å². The molecule has 1 amide bonds. The summed E-state index contributed by atoms with van der Waals surface area (Å²) < 4.78 is 5.53. The van der Waals surface area contributed by atoms with Crippen LogP contribution in [0.5, 0.6) is 0 Å². The van der Waals surface area contributed by atoms with Crippen molar-refractivity contribution in [2.75, 3.05) is 39.9 Å². The van der Waals surface area contributed by atoms with E-state index >= 15 is 0 Å². The maximum atomic E-state index is 13.1. The smallest absolute Gasteiger partial charge is 0.224 e. The Morgan fingerprint density at radius 2 is 1.84 bits per heavy atom. The second-order valence-corrected chi connectivity index (χ2v) is 8.81. The van der Waals surface area contributed by atoms with Crippen LogP contribution < -0.4 is 5.32 Å². The van der Waals surface area contributed by atoms with Gasteiger partial charge in [-0.15, -0.1) is 0 Å². The lowest BCUT2D eigenvalue weighted by Gasteiger charge is -2.40. The van der Waals surface area contributed by atoms with Crippen molar-refractivity contribution in [3.8, 4) is 0 Å². The standard InChI is InChI=1S/C26H35N3O2/c1-31-20-25-24(12-7-15-29(25)18-21-8-3-2-4-9-21)26(30)27-14-17-28-16-13-22-10-5-6-11-23(22)19-28/h2-6,8-11,24-25H,7,12-20H2,1H3,(H,27,30)/t24-,25-/m1/s1. The normalized spacial score (nSPS) is 22.1. The molecule has 0 saturated carbocycles. The first-order valence-electron chi connectivity index (χ1n) is 11.6. The molecule has 5 heteroatoms. The largest absolute Gasteiger partial charge is 0.383 e. The molecule has 2 aliphatic rings. The van der Waals surface area contributed by atoms with Crippen LogP contribution in [0.3, 0.4) is 0 Å². The third kappa shape index (κ3) is 5.73. The molecule has 0 aromatic heterocycles. The van der Waals surface area contributed by atoms with Crippen molar-refractivity contribution in [3.63, 3.8) is 0 Å². The van der Waals surface area contributed by atoms with Crippen molar-refractivity contribution in [1.82, 2.24) is 15.1 Å². The number of ether oxygens (including phenoxy) is 1. The second kappa shape index (κ2) is 10.9. The van der Waals surface area contributed by atoms with E-state index in [2.05, 4.69) is 63.6 Å². The molecule has 2 heterocycles. The van der Waals surface area contributed by atoms with Gasteiger partial charge in [0, 0.05) is 45.9 Å². The average Bonchev–Trinajstić information content (AvgIpc) is 2.81. The minimum absolute atomic E-state index is 0.0144. The zero-order valence-corrected chi connectivity index (χ0v) is 18.6. The van der Waals surface area contributed by atoms with Gasteiger partial charge in [-0.3, -0.25) is 14.6 Å². The van der Waals surface area contributed by atoms with Gasteiger partial charge in [0.1, 0.15) is 0 Å². The Morgan fingerprint density at radius 1 is 1.06 bits per heavy atom. The van der Waals surface area contributed by atoms with Gasteiger partial charge in [-0.1, -0.05) is 54.6 Å². The molecule has 31 heavy (non-hydrogen) atoms. The van der Waals surface area contributed by atoms with Gasteiger partial charge in [-0.05, 0) is 42.5 Å². The van der Waals surface area contributed by atoms with E-state index in [4.69, 9.17) is 4.74 Å². The minimum atomic E-state index is -0.0144. The van der Waals surface area contributed by atoms with Gasteiger partial charge in [0.05, 0.1) is 12.5 Å². The third-order valence-electron chi connectivity index (χ3n) is 6.73. The number of nitrogens with one attached hydrogen (secondary N) is 1. The molecule has 0 unspecified atom stereocenters. The highest BCUT2D eigenvalue weighted by Gasteiger charge is 2.35. The van der Waals surface area contributed by atoms with Gasteiger partial charge < -0.3 is 10.1 Å². The Labute approximate surface area is 186 Å². The fraction of sp³-hybridized carbons (Fsp3) is 0.500. The molecule has 0 spiro atoms. The van der Waals surface area contributed by atoms with Crippen molar-refractivity contribution < 1.29 is 9.53 Å². The monoisotopic (exact) mass is 421 g/mol. The quantitative estimate of drug-likeness (QED) is 0.712. The number of rotatable bonds is 8. The van der Waals surface area contributed by atoms with Gasteiger partial charge in [-0.25, -0.2) is 0 Å². The summed E-state index contributed by atoms with van der Waals surface area (Å²) in [5, 5.41) is 3.23. The lowest BCUT2D eigenvalue weighted by molar-refractivity contribution is -0.130. The highest BCUT2D eigenvalue weighted by Crippen LogP contribution is 2.26. The van der Waals surface area contributed by atoms with Gasteiger partial charge in [0.2, 0.25) is 5.91 Å². The number of benzene rings is 2. The topological polar surface area (TPSA) is 44.8 Å². The molecule has 166 valence electrons. The molecular weight excluding hydrogens is 386 g/mol. The van der Waals surface area contributed by atoms with Crippen LogP contribution in [0, 0.1) is 5.92 Å². The molecule has 1 N–H and O–H groups in total. The van der Waals surface area contributed by atoms with Crippen LogP contribution in [-0.2, 0) is 29.0 Å². The lowest BCUT2D eigenvalue weighted by Crippen LogP contribution is -2.53. The molecule has 5 nitrogen and oxygen atoms in total. The molecule has 4 rings (SSSR count). The van der Waals surface area contributed by atoms with E-state index in [1.807, 2.05) is 6.07 Å². The summed E-state index contributed by atoms with van der Waals surface area (Å²) in [6, 6.07) is 19.3. The van der Waals surface area contributed by atoms with E-state index in [1.54, 1.807) is 7.11 Å². The number of piperidine rings is 1. The summed E-state index contributed by atoms with van der Waals surface area (Å²) in [5.74, 6) is 0.164. The van der Waals surface area contributed by atoms with E-state index in [-0.39, 0.29) is 17.9 Å². The Bertz CT molecular complexity index is 842. The SMILES string of the molecule is COC[C@@H]1[C@H](C(=O)NCCN2CCc3ccccc3C2)CCCN1Cc1ccccc1. The van der Waals surface area contributed by atoms with Crippen molar-refractivity contribution in [1.29, 1.82) is 0 Å². The number of carbonyl (C=O) groups is 1. The Balaban J connectivity index is 1.30. The first-order valence-corrected chi connectivity index (χ1v) is 11.6. The fourth-order valence-electron chi connectivity index (χ4n) is 5.05. The number of amides is 1. The summed E-state index contributed by atoms with van der Waals surface area (Å²) in [6.45, 7) is 6.12. The van der Waals surface area contributed by atoms with Crippen molar-refractivity contribution in [3.05, 3.63) is 71.3 Å². The summed E-state index contributed by atoms with van der Waals surface area (Å²) in [7, 11) is 1.73. The summed E-state index contributed by atoms with van der Waals surface area (Å²) in [4.78, 5) is 18.0. The molecule has 2 atom stereocenters. The molecule has 2 aromatic rings. The summed E-state index contributed by atoms with van der Waals surface area (Å²) in [5.41, 5.74) is 4.17. The number of carbonyl (C=O) groups excluding carboxylic acids is 1. The first-order chi connectivity index (χ1) is 15.2. The molecule has 0 radical (unpaired) electrons. The van der Waals surface area contributed by atoms with E-state index in [9.17, 15) is 4.79 Å². The van der Waals surface area contributed by atoms with Crippen molar-refractivity contribution >= 4 is 5.91 Å². The van der Waals surface area contributed by atoms with Crippen molar-refractivity contribution in [2.45, 2.75) is 38.4 Å². The molecule has 2 aromatic carbocycles. The maximum absolute atomic E-state index is 13.1. The van der Waals surface area contributed by atoms with Gasteiger partial charge in [0.25, 0.3) is 0 Å². The zero-order valence-electron chi connectivity index (χ0n) is 18.6. The Kier molecular flexibility index (Phi) is 7.73. The van der Waals surface area contributed by atoms with E-state index < -0.39 is 0 Å². The van der Waals surface area contributed by atoms with E-state index in [0.29, 0.717) is 13.2 Å². The highest BCUT2D eigenvalue weighted by molar-refractivity contribution is 5.79. The number of hydrogen-bond donors (Lipinski definition) is 1. The van der Waals surface area contributed by atoms with E-state index in [1.165, 1.54) is 16.7 Å². The summed E-state index contributed by atoms with van der Waals surface area (Å²) in [6.07, 6.45) is 3.08. The van der Waals surface area contributed by atoms with E-state index in [0.717, 1.165) is 52.0 Å². The minimum Gasteiger partial charge on any atom is -0.383 e. The Hall–Kier alpha value is -2.21. The molecule has 0 bridgehead atoms. The first kappa shape index (κ1) is 22.0. The molecule has 1 fully saturated rings. The number of methoxy groups -OCH3 is 1. The van der Waals surface area contributed by atoms with Crippen LogP contribution in [0.1, 0.15) is 29.5 Å². The summed E-state index contributed by atoms with van der Waals surface area (Å²) >= 11 is 0. The van der Waals surface area contributed by atoms with Crippen LogP contribution in [0.25, 0.3) is 0 Å². The Morgan fingerprint density at radius 3 is 2.65 bits per heavy atom. The van der Waals surface area contributed by atoms with Gasteiger partial charge in [-0.2, -0.15) is 0 Å². The fourth-order valence-corrected chi connectivity index (χ4v) is 5.05. The second-order valence-electron chi connectivity index (χ2n) is 8.81.